The normalized spacial score (nSPS) is 10.4. The molecule has 18 heavy (non-hydrogen) atoms. The lowest BCUT2D eigenvalue weighted by Gasteiger charge is -2.08. The van der Waals surface area contributed by atoms with Crippen LogP contribution in [-0.4, -0.2) is 19.1 Å². The molecule has 1 rings (SSSR count). The number of anilines is 1. The molecule has 0 saturated carbocycles. The van der Waals surface area contributed by atoms with E-state index in [1.165, 1.54) is 0 Å². The first kappa shape index (κ1) is 14.8. The average molecular weight is 270 g/mol. The second-order valence-electron chi connectivity index (χ2n) is 4.62. The Morgan fingerprint density at radius 1 is 1.33 bits per heavy atom. The first-order valence-corrected chi connectivity index (χ1v) is 6.61. The minimum atomic E-state index is -0.228. The maximum atomic E-state index is 11.4. The van der Waals surface area contributed by atoms with E-state index in [1.807, 2.05) is 12.1 Å². The molecule has 1 N–H and O–H groups in total. The van der Waals surface area contributed by atoms with Gasteiger partial charge in [-0.1, -0.05) is 25.4 Å². The predicted octanol–water partition coefficient (Wildman–Crippen LogP) is 3.73. The van der Waals surface area contributed by atoms with Crippen molar-refractivity contribution in [3.05, 3.63) is 29.3 Å². The van der Waals surface area contributed by atoms with Crippen molar-refractivity contribution in [3.63, 3.8) is 0 Å². The molecule has 0 saturated heterocycles. The van der Waals surface area contributed by atoms with Crippen molar-refractivity contribution in [2.75, 3.05) is 18.5 Å². The van der Waals surface area contributed by atoms with Crippen LogP contribution in [0.1, 0.15) is 26.7 Å². The number of hydrogen-bond acceptors (Lipinski definition) is 3. The predicted molar refractivity (Wildman–Crippen MR) is 75.0 cm³/mol. The Morgan fingerprint density at radius 3 is 2.61 bits per heavy atom. The highest BCUT2D eigenvalue weighted by atomic mass is 35.5. The van der Waals surface area contributed by atoms with Gasteiger partial charge in [0, 0.05) is 10.7 Å². The van der Waals surface area contributed by atoms with Gasteiger partial charge in [0.05, 0.1) is 6.61 Å². The molecule has 0 fully saturated rings. The Bertz CT molecular complexity index is 363. The third-order valence-corrected chi connectivity index (χ3v) is 2.72. The van der Waals surface area contributed by atoms with Gasteiger partial charge in [0.15, 0.2) is 0 Å². The molecule has 100 valence electrons. The first-order valence-electron chi connectivity index (χ1n) is 6.23. The highest BCUT2D eigenvalue weighted by Gasteiger charge is 2.03. The van der Waals surface area contributed by atoms with E-state index in [-0.39, 0.29) is 12.5 Å². The molecule has 0 aliphatic rings. The fourth-order valence-electron chi connectivity index (χ4n) is 1.47. The van der Waals surface area contributed by atoms with Crippen molar-refractivity contribution in [2.24, 2.45) is 5.92 Å². The molecule has 3 nitrogen and oxygen atoms in total. The van der Waals surface area contributed by atoms with E-state index in [1.54, 1.807) is 12.1 Å². The fourth-order valence-corrected chi connectivity index (χ4v) is 1.60. The molecule has 0 spiro atoms. The molecule has 0 atom stereocenters. The van der Waals surface area contributed by atoms with Crippen LogP contribution in [-0.2, 0) is 9.53 Å². The molecule has 0 bridgehead atoms. The minimum absolute atomic E-state index is 0.184. The van der Waals surface area contributed by atoms with Crippen molar-refractivity contribution in [1.82, 2.24) is 0 Å². The molecule has 4 heteroatoms. The molecular weight excluding hydrogens is 250 g/mol. The molecule has 0 heterocycles. The van der Waals surface area contributed by atoms with Gasteiger partial charge in [-0.25, -0.2) is 0 Å². The summed E-state index contributed by atoms with van der Waals surface area (Å²) < 4.78 is 5.11. The van der Waals surface area contributed by atoms with Crippen LogP contribution in [0.25, 0.3) is 0 Å². The van der Waals surface area contributed by atoms with Gasteiger partial charge < -0.3 is 10.1 Å². The summed E-state index contributed by atoms with van der Waals surface area (Å²) in [5.41, 5.74) is 0.860. The molecule has 1 aromatic rings. The van der Waals surface area contributed by atoms with Crippen LogP contribution in [0.15, 0.2) is 24.3 Å². The first-order chi connectivity index (χ1) is 8.58. The number of nitrogens with one attached hydrogen (secondary N) is 1. The number of halogens is 1. The summed E-state index contributed by atoms with van der Waals surface area (Å²) >= 11 is 5.76. The topological polar surface area (TPSA) is 38.3 Å². The minimum Gasteiger partial charge on any atom is -0.464 e. The summed E-state index contributed by atoms with van der Waals surface area (Å²) in [5.74, 6) is 0.421. The Balaban J connectivity index is 2.15. The van der Waals surface area contributed by atoms with Gasteiger partial charge in [-0.15, -0.1) is 0 Å². The Morgan fingerprint density at radius 2 is 2.00 bits per heavy atom. The van der Waals surface area contributed by atoms with E-state index in [0.717, 1.165) is 18.5 Å². The molecule has 0 amide bonds. The van der Waals surface area contributed by atoms with Gasteiger partial charge >= 0.3 is 5.97 Å². The number of hydrogen-bond donors (Lipinski definition) is 1. The number of carbonyl (C=O) groups is 1. The molecule has 0 radical (unpaired) electrons. The highest BCUT2D eigenvalue weighted by molar-refractivity contribution is 6.30. The molecule has 1 aromatic carbocycles. The summed E-state index contributed by atoms with van der Waals surface area (Å²) in [4.78, 5) is 11.4. The highest BCUT2D eigenvalue weighted by Crippen LogP contribution is 2.13. The van der Waals surface area contributed by atoms with Crippen molar-refractivity contribution >= 4 is 23.3 Å². The van der Waals surface area contributed by atoms with Gasteiger partial charge in [0.25, 0.3) is 0 Å². The fraction of sp³-hybridized carbons (Fsp3) is 0.500. The molecule has 0 aliphatic carbocycles. The quantitative estimate of drug-likeness (QED) is 0.605. The summed E-state index contributed by atoms with van der Waals surface area (Å²) in [5, 5.41) is 3.67. The summed E-state index contributed by atoms with van der Waals surface area (Å²) in [7, 11) is 0. The smallest absolute Gasteiger partial charge is 0.325 e. The maximum Gasteiger partial charge on any atom is 0.325 e. The second kappa shape index (κ2) is 7.98. The van der Waals surface area contributed by atoms with Crippen LogP contribution < -0.4 is 5.32 Å². The number of rotatable bonds is 7. The van der Waals surface area contributed by atoms with E-state index in [2.05, 4.69) is 19.2 Å². The molecule has 0 unspecified atom stereocenters. The summed E-state index contributed by atoms with van der Waals surface area (Å²) in [6.07, 6.45) is 2.00. The van der Waals surface area contributed by atoms with E-state index < -0.39 is 0 Å². The van der Waals surface area contributed by atoms with E-state index in [0.29, 0.717) is 17.5 Å². The summed E-state index contributed by atoms with van der Waals surface area (Å²) in [6.45, 7) is 5.00. The zero-order valence-corrected chi connectivity index (χ0v) is 11.7. The van der Waals surface area contributed by atoms with Crippen LogP contribution in [0.2, 0.25) is 5.02 Å². The summed E-state index contributed by atoms with van der Waals surface area (Å²) in [6, 6.07) is 7.21. The van der Waals surface area contributed by atoms with Gasteiger partial charge in [0.2, 0.25) is 0 Å². The van der Waals surface area contributed by atoms with Crippen LogP contribution in [0, 0.1) is 5.92 Å². The zero-order chi connectivity index (χ0) is 13.4. The van der Waals surface area contributed by atoms with Crippen molar-refractivity contribution in [2.45, 2.75) is 26.7 Å². The lowest BCUT2D eigenvalue weighted by molar-refractivity contribution is -0.141. The zero-order valence-electron chi connectivity index (χ0n) is 10.9. The SMILES string of the molecule is CC(C)CCCOC(=O)CNc1ccc(Cl)cc1. The van der Waals surface area contributed by atoms with Crippen molar-refractivity contribution < 1.29 is 9.53 Å². The van der Waals surface area contributed by atoms with E-state index in [9.17, 15) is 4.79 Å². The maximum absolute atomic E-state index is 11.4. The third kappa shape index (κ3) is 6.50. The number of ether oxygens (including phenoxy) is 1. The van der Waals surface area contributed by atoms with Crippen LogP contribution in [0.5, 0.6) is 0 Å². The van der Waals surface area contributed by atoms with Crippen LogP contribution in [0.4, 0.5) is 5.69 Å². The lowest BCUT2D eigenvalue weighted by atomic mass is 10.1. The Hall–Kier alpha value is -1.22. The second-order valence-corrected chi connectivity index (χ2v) is 5.05. The number of esters is 1. The van der Waals surface area contributed by atoms with Gasteiger partial charge in [-0.05, 0) is 43.0 Å². The molecular formula is C14H20ClNO2. The standard InChI is InChI=1S/C14H20ClNO2/c1-11(2)4-3-9-18-14(17)10-16-13-7-5-12(15)6-8-13/h5-8,11,16H,3-4,9-10H2,1-2H3. The average Bonchev–Trinajstić information content (AvgIpc) is 2.34. The van der Waals surface area contributed by atoms with Crippen LogP contribution >= 0.6 is 11.6 Å². The van der Waals surface area contributed by atoms with E-state index >= 15 is 0 Å². The van der Waals surface area contributed by atoms with E-state index in [4.69, 9.17) is 16.3 Å². The van der Waals surface area contributed by atoms with Crippen molar-refractivity contribution in [1.29, 1.82) is 0 Å². The van der Waals surface area contributed by atoms with Gasteiger partial charge in [-0.3, -0.25) is 4.79 Å². The van der Waals surface area contributed by atoms with Gasteiger partial charge in [0.1, 0.15) is 6.54 Å². The molecule has 0 aromatic heterocycles. The third-order valence-electron chi connectivity index (χ3n) is 2.47. The van der Waals surface area contributed by atoms with Gasteiger partial charge in [-0.2, -0.15) is 0 Å². The molecule has 0 aliphatic heterocycles. The largest absolute Gasteiger partial charge is 0.464 e. The monoisotopic (exact) mass is 269 g/mol. The Labute approximate surface area is 113 Å². The van der Waals surface area contributed by atoms with Crippen LogP contribution in [0.3, 0.4) is 0 Å². The number of carbonyl (C=O) groups excluding carboxylic acids is 1. The van der Waals surface area contributed by atoms with Crippen molar-refractivity contribution in [3.8, 4) is 0 Å². The Kier molecular flexibility index (Phi) is 6.58. The lowest BCUT2D eigenvalue weighted by Crippen LogP contribution is -2.17. The number of benzene rings is 1.